The zero-order chi connectivity index (χ0) is 57.1. The molecule has 8 amide bonds. The summed E-state index contributed by atoms with van der Waals surface area (Å²) in [5, 5.41) is 55.6. The standard InChI is InChI=1S/C50H80N12O14/c1-8-26(5)38(45(71)56-33(23-29-16-18-30(64)19-17-29)48(74)62-22-12-15-35(62)43(69)59-39(49(75)76)27(6)9-2)58-46(72)40(28(7)63)60-41(67)32(13-10-20-54-50(52)53)55-44(70)37(25(3)4)57-42(68)34-14-11-21-61(34)47(73)31(51)24-36(65)66/h16-19,25-28,31-35,37-40,63-64H,8-15,20-24,51H2,1-7H3,(H,55,70)(H,56,71)(H,57,68)(H,58,72)(H,59,69)(H,60,67)(H,65,66)(H,75,76)(H4,52,53,54)/t26-,27-,28+,31-,32-,33-,34-,35-,37-,38-,39-,40-/m0/s1. The Hall–Kier alpha value is -7.09. The molecule has 0 spiro atoms. The summed E-state index contributed by atoms with van der Waals surface area (Å²) in [5.41, 5.74) is 17.3. The summed E-state index contributed by atoms with van der Waals surface area (Å²) >= 11 is 0. The predicted molar refractivity (Wildman–Crippen MR) is 276 cm³/mol. The summed E-state index contributed by atoms with van der Waals surface area (Å²) in [7, 11) is 0. The first kappa shape index (κ1) is 63.2. The third-order valence-electron chi connectivity index (χ3n) is 13.8. The molecule has 16 N–H and O–H groups in total. The van der Waals surface area contributed by atoms with Gasteiger partial charge in [-0.1, -0.05) is 66.5 Å². The van der Waals surface area contributed by atoms with Crippen LogP contribution in [0, 0.1) is 17.8 Å². The Morgan fingerprint density at radius 3 is 1.64 bits per heavy atom. The predicted octanol–water partition coefficient (Wildman–Crippen LogP) is -2.11. The fourth-order valence-electron chi connectivity index (χ4n) is 8.98. The third kappa shape index (κ3) is 18.3. The van der Waals surface area contributed by atoms with Crippen molar-refractivity contribution in [2.75, 3.05) is 19.6 Å². The van der Waals surface area contributed by atoms with Crippen LogP contribution in [0.1, 0.15) is 112 Å². The van der Waals surface area contributed by atoms with E-state index in [9.17, 15) is 63.3 Å². The Kier molecular flexibility index (Phi) is 24.8. The number of amides is 8. The number of carbonyl (C=O) groups is 10. The molecule has 0 aliphatic carbocycles. The monoisotopic (exact) mass is 1070 g/mol. The molecule has 2 heterocycles. The molecule has 3 rings (SSSR count). The van der Waals surface area contributed by atoms with Crippen molar-refractivity contribution in [3.05, 3.63) is 29.8 Å². The maximum atomic E-state index is 14.5. The van der Waals surface area contributed by atoms with Gasteiger partial charge in [0, 0.05) is 26.1 Å². The zero-order valence-corrected chi connectivity index (χ0v) is 44.5. The molecule has 2 saturated heterocycles. The SMILES string of the molecule is CC[C@H](C)[C@H](NC(=O)[C@@H]1CCCN1C(=O)[C@H](Cc1ccc(O)cc1)NC(=O)[C@@H](NC(=O)[C@@H](NC(=O)[C@H](CCCN=C(N)N)NC(=O)[C@@H](NC(=O)[C@@H]1CCCN1C(=O)[C@@H](N)CC(=O)O)C(C)C)[C@@H](C)O)[C@@H](C)CC)C(=O)O. The summed E-state index contributed by atoms with van der Waals surface area (Å²) in [4.78, 5) is 141. The van der Waals surface area contributed by atoms with Gasteiger partial charge in [-0.2, -0.15) is 0 Å². The number of aliphatic imine (C=N–C) groups is 1. The van der Waals surface area contributed by atoms with E-state index in [1.807, 2.05) is 0 Å². The highest BCUT2D eigenvalue weighted by molar-refractivity contribution is 5.99. The molecule has 424 valence electrons. The number of carboxylic acids is 2. The smallest absolute Gasteiger partial charge is 0.326 e. The van der Waals surface area contributed by atoms with E-state index in [1.54, 1.807) is 41.5 Å². The number of benzene rings is 1. The number of rotatable bonds is 29. The topological polar surface area (TPSA) is 421 Å². The third-order valence-corrected chi connectivity index (χ3v) is 13.8. The Morgan fingerprint density at radius 1 is 0.658 bits per heavy atom. The Balaban J connectivity index is 1.89. The van der Waals surface area contributed by atoms with Gasteiger partial charge in [-0.3, -0.25) is 48.1 Å². The molecule has 26 nitrogen and oxygen atoms in total. The summed E-state index contributed by atoms with van der Waals surface area (Å²) in [6, 6.07) is -6.10. The van der Waals surface area contributed by atoms with Gasteiger partial charge in [0.15, 0.2) is 5.96 Å². The summed E-state index contributed by atoms with van der Waals surface area (Å²) in [5.74, 6) is -10.9. The lowest BCUT2D eigenvalue weighted by molar-refractivity contribution is -0.146. The number of hydrogen-bond donors (Lipinski definition) is 13. The quantitative estimate of drug-likeness (QED) is 0.0232. The number of hydrogen-bond acceptors (Lipinski definition) is 14. The highest BCUT2D eigenvalue weighted by Crippen LogP contribution is 2.23. The van der Waals surface area contributed by atoms with Gasteiger partial charge in [0.2, 0.25) is 47.3 Å². The number of likely N-dealkylation sites (tertiary alicyclic amines) is 2. The molecule has 2 aliphatic heterocycles. The highest BCUT2D eigenvalue weighted by Gasteiger charge is 2.43. The second-order valence-electron chi connectivity index (χ2n) is 20.1. The van der Waals surface area contributed by atoms with Crippen molar-refractivity contribution in [3.63, 3.8) is 0 Å². The number of aliphatic carboxylic acids is 2. The number of guanidine groups is 1. The molecule has 26 heteroatoms. The minimum atomic E-state index is -1.74. The Morgan fingerprint density at radius 2 is 1.14 bits per heavy atom. The summed E-state index contributed by atoms with van der Waals surface area (Å²) < 4.78 is 0. The number of aliphatic hydroxyl groups excluding tert-OH is 1. The fourth-order valence-corrected chi connectivity index (χ4v) is 8.98. The normalized spacial score (nSPS) is 19.2. The number of nitrogens with zero attached hydrogens (tertiary/aromatic N) is 3. The van der Waals surface area contributed by atoms with Crippen molar-refractivity contribution in [2.45, 2.75) is 173 Å². The number of carboxylic acid groups (broad SMARTS) is 2. The van der Waals surface area contributed by atoms with Crippen LogP contribution < -0.4 is 49.1 Å². The maximum Gasteiger partial charge on any atom is 0.326 e. The first-order valence-corrected chi connectivity index (χ1v) is 25.9. The van der Waals surface area contributed by atoms with Crippen LogP contribution in [0.2, 0.25) is 0 Å². The van der Waals surface area contributed by atoms with E-state index >= 15 is 0 Å². The lowest BCUT2D eigenvalue weighted by Crippen LogP contribution is -2.63. The van der Waals surface area contributed by atoms with E-state index in [1.165, 1.54) is 41.0 Å². The minimum Gasteiger partial charge on any atom is -0.508 e. The molecule has 1 aromatic rings. The lowest BCUT2D eigenvalue weighted by Gasteiger charge is -2.32. The van der Waals surface area contributed by atoms with E-state index in [2.05, 4.69) is 36.9 Å². The van der Waals surface area contributed by atoms with Gasteiger partial charge in [0.1, 0.15) is 54.1 Å². The summed E-state index contributed by atoms with van der Waals surface area (Å²) in [6.07, 6.45) is -0.423. The average Bonchev–Trinajstić information content (AvgIpc) is 4.07. The van der Waals surface area contributed by atoms with Crippen molar-refractivity contribution in [1.82, 2.24) is 41.7 Å². The first-order valence-electron chi connectivity index (χ1n) is 25.9. The molecule has 1 aromatic carbocycles. The maximum absolute atomic E-state index is 14.5. The van der Waals surface area contributed by atoms with Crippen LogP contribution in [0.5, 0.6) is 5.75 Å². The van der Waals surface area contributed by atoms with Crippen LogP contribution in [0.3, 0.4) is 0 Å². The number of aliphatic hydroxyl groups is 1. The molecule has 2 fully saturated rings. The average molecular weight is 1070 g/mol. The number of aromatic hydroxyl groups is 1. The number of carbonyl (C=O) groups excluding carboxylic acids is 8. The number of nitrogens with two attached hydrogens (primary N) is 3. The van der Waals surface area contributed by atoms with Crippen LogP contribution in [0.4, 0.5) is 0 Å². The van der Waals surface area contributed by atoms with Gasteiger partial charge >= 0.3 is 11.9 Å². The van der Waals surface area contributed by atoms with Crippen LogP contribution in [0.25, 0.3) is 0 Å². The van der Waals surface area contributed by atoms with Gasteiger partial charge in [-0.25, -0.2) is 4.79 Å². The number of nitrogens with one attached hydrogen (secondary N) is 6. The van der Waals surface area contributed by atoms with Gasteiger partial charge in [0.25, 0.3) is 0 Å². The molecule has 0 aromatic heterocycles. The fraction of sp³-hybridized carbons (Fsp3) is 0.660. The van der Waals surface area contributed by atoms with Crippen LogP contribution in [-0.2, 0) is 54.4 Å². The van der Waals surface area contributed by atoms with Crippen LogP contribution >= 0.6 is 0 Å². The molecule has 12 atom stereocenters. The molecule has 0 radical (unpaired) electrons. The van der Waals surface area contributed by atoms with Gasteiger partial charge in [0.05, 0.1) is 18.6 Å². The van der Waals surface area contributed by atoms with E-state index < -0.39 is 144 Å². The van der Waals surface area contributed by atoms with Crippen LogP contribution in [0.15, 0.2) is 29.3 Å². The van der Waals surface area contributed by atoms with Crippen molar-refractivity contribution in [3.8, 4) is 5.75 Å². The Labute approximate surface area is 442 Å². The molecular formula is C50H80N12O14. The molecule has 0 bridgehead atoms. The van der Waals surface area contributed by atoms with Crippen molar-refractivity contribution in [1.29, 1.82) is 0 Å². The summed E-state index contributed by atoms with van der Waals surface area (Å²) in [6.45, 7) is 11.6. The molecule has 2 aliphatic rings. The molecular weight excluding hydrogens is 993 g/mol. The van der Waals surface area contributed by atoms with E-state index in [4.69, 9.17) is 22.3 Å². The molecule has 0 unspecified atom stereocenters. The lowest BCUT2D eigenvalue weighted by atomic mass is 9.96. The highest BCUT2D eigenvalue weighted by atomic mass is 16.4. The van der Waals surface area contributed by atoms with Crippen molar-refractivity contribution >= 4 is 65.2 Å². The van der Waals surface area contributed by atoms with Crippen LogP contribution in [-0.4, -0.2) is 175 Å². The van der Waals surface area contributed by atoms with Crippen molar-refractivity contribution < 1.29 is 68.4 Å². The number of phenolic OH excluding ortho intramolecular Hbond substituents is 1. The van der Waals surface area contributed by atoms with E-state index in [0.29, 0.717) is 31.2 Å². The Bertz CT molecular complexity index is 2240. The van der Waals surface area contributed by atoms with Crippen molar-refractivity contribution in [2.24, 2.45) is 39.9 Å². The van der Waals surface area contributed by atoms with Gasteiger partial charge < -0.3 is 79.3 Å². The first-order chi connectivity index (χ1) is 35.7. The number of phenols is 1. The molecule has 0 saturated carbocycles. The van der Waals surface area contributed by atoms with E-state index in [0.717, 1.165) is 0 Å². The van der Waals surface area contributed by atoms with Gasteiger partial charge in [-0.05, 0) is 80.9 Å². The van der Waals surface area contributed by atoms with Gasteiger partial charge in [-0.15, -0.1) is 0 Å². The van der Waals surface area contributed by atoms with E-state index in [-0.39, 0.29) is 63.4 Å². The second kappa shape index (κ2) is 29.9. The second-order valence-corrected chi connectivity index (χ2v) is 20.1. The molecule has 76 heavy (non-hydrogen) atoms. The zero-order valence-electron chi connectivity index (χ0n) is 44.5. The largest absolute Gasteiger partial charge is 0.508 e. The minimum absolute atomic E-state index is 0.0131.